The lowest BCUT2D eigenvalue weighted by molar-refractivity contribution is 0.325. The van der Waals surface area contributed by atoms with Crippen molar-refractivity contribution in [2.75, 3.05) is 23.7 Å². The molecule has 1 aromatic rings. The van der Waals surface area contributed by atoms with Crippen LogP contribution in [0, 0.1) is 16.7 Å². The molecule has 1 aromatic carbocycles. The lowest BCUT2D eigenvalue weighted by Gasteiger charge is -2.26. The third-order valence-electron chi connectivity index (χ3n) is 3.84. The Kier molecular flexibility index (Phi) is 3.47. The summed E-state index contributed by atoms with van der Waals surface area (Å²) in [5, 5.41) is 8.98. The van der Waals surface area contributed by atoms with Crippen LogP contribution in [-0.2, 0) is 0 Å². The van der Waals surface area contributed by atoms with Gasteiger partial charge in [0.05, 0.1) is 23.0 Å². The summed E-state index contributed by atoms with van der Waals surface area (Å²) >= 11 is 0. The molecule has 3 heteroatoms. The van der Waals surface area contributed by atoms with Crippen LogP contribution in [-0.4, -0.2) is 13.1 Å². The average molecular weight is 243 g/mol. The van der Waals surface area contributed by atoms with Gasteiger partial charge in [-0.15, -0.1) is 0 Å². The Bertz CT molecular complexity index is 471. The molecule has 0 aromatic heterocycles. The van der Waals surface area contributed by atoms with Gasteiger partial charge in [-0.25, -0.2) is 0 Å². The molecule has 2 N–H and O–H groups in total. The summed E-state index contributed by atoms with van der Waals surface area (Å²) in [7, 11) is 0. The van der Waals surface area contributed by atoms with E-state index in [1.807, 2.05) is 12.1 Å². The monoisotopic (exact) mass is 243 g/mol. The number of hydrogen-bond acceptors (Lipinski definition) is 3. The molecule has 1 saturated heterocycles. The first kappa shape index (κ1) is 12.8. The quantitative estimate of drug-likeness (QED) is 0.771. The molecule has 0 spiro atoms. The minimum atomic E-state index is 0.413. The second-order valence-electron chi connectivity index (χ2n) is 5.89. The van der Waals surface area contributed by atoms with Gasteiger partial charge in [-0.05, 0) is 42.9 Å². The Balaban J connectivity index is 2.24. The molecule has 0 saturated carbocycles. The van der Waals surface area contributed by atoms with Gasteiger partial charge in [-0.1, -0.05) is 13.8 Å². The lowest BCUT2D eigenvalue weighted by atomic mass is 9.85. The van der Waals surface area contributed by atoms with Crippen LogP contribution in [0.4, 0.5) is 11.4 Å². The van der Waals surface area contributed by atoms with Gasteiger partial charge in [0.15, 0.2) is 0 Å². The number of nitrogen functional groups attached to an aromatic ring is 1. The van der Waals surface area contributed by atoms with Gasteiger partial charge >= 0.3 is 0 Å². The maximum atomic E-state index is 8.98. The summed E-state index contributed by atoms with van der Waals surface area (Å²) in [6.07, 6.45) is 3.60. The third-order valence-corrected chi connectivity index (χ3v) is 3.84. The molecule has 3 nitrogen and oxygen atoms in total. The zero-order valence-corrected chi connectivity index (χ0v) is 11.2. The summed E-state index contributed by atoms with van der Waals surface area (Å²) < 4.78 is 0. The standard InChI is InChI=1S/C15H21N3/c1-15(2)6-3-8-18(9-7-15)14-10-12(11-16)4-5-13(14)17/h4-5,10H,3,6-9,17H2,1-2H3. The zero-order chi connectivity index (χ0) is 13.2. The van der Waals surface area contributed by atoms with Gasteiger partial charge in [0.25, 0.3) is 0 Å². The number of rotatable bonds is 1. The molecule has 1 aliphatic heterocycles. The van der Waals surface area contributed by atoms with E-state index in [2.05, 4.69) is 24.8 Å². The fraction of sp³-hybridized carbons (Fsp3) is 0.533. The van der Waals surface area contributed by atoms with E-state index >= 15 is 0 Å². The van der Waals surface area contributed by atoms with E-state index in [0.29, 0.717) is 11.0 Å². The zero-order valence-electron chi connectivity index (χ0n) is 11.2. The summed E-state index contributed by atoms with van der Waals surface area (Å²) in [6.45, 7) is 6.70. The smallest absolute Gasteiger partial charge is 0.0992 e. The molecular formula is C15H21N3. The van der Waals surface area contributed by atoms with E-state index in [9.17, 15) is 0 Å². The van der Waals surface area contributed by atoms with Crippen LogP contribution >= 0.6 is 0 Å². The van der Waals surface area contributed by atoms with E-state index in [-0.39, 0.29) is 0 Å². The fourth-order valence-electron chi connectivity index (χ4n) is 2.55. The predicted octanol–water partition coefficient (Wildman–Crippen LogP) is 3.16. The van der Waals surface area contributed by atoms with E-state index in [4.69, 9.17) is 11.0 Å². The van der Waals surface area contributed by atoms with Crippen molar-refractivity contribution >= 4 is 11.4 Å². The molecule has 2 rings (SSSR count). The highest BCUT2D eigenvalue weighted by molar-refractivity contribution is 5.69. The first-order valence-corrected chi connectivity index (χ1v) is 6.56. The van der Waals surface area contributed by atoms with Crippen LogP contribution in [0.3, 0.4) is 0 Å². The molecule has 1 fully saturated rings. The van der Waals surface area contributed by atoms with Crippen molar-refractivity contribution < 1.29 is 0 Å². The van der Waals surface area contributed by atoms with Crippen LogP contribution in [0.2, 0.25) is 0 Å². The van der Waals surface area contributed by atoms with Crippen LogP contribution in [0.5, 0.6) is 0 Å². The second-order valence-corrected chi connectivity index (χ2v) is 5.89. The Hall–Kier alpha value is -1.69. The number of nitrogens with two attached hydrogens (primary N) is 1. The van der Waals surface area contributed by atoms with E-state index in [1.165, 1.54) is 19.3 Å². The van der Waals surface area contributed by atoms with E-state index in [0.717, 1.165) is 24.5 Å². The third kappa shape index (κ3) is 2.76. The van der Waals surface area contributed by atoms with Crippen molar-refractivity contribution in [1.82, 2.24) is 0 Å². The second kappa shape index (κ2) is 4.89. The van der Waals surface area contributed by atoms with Crippen molar-refractivity contribution in [1.29, 1.82) is 5.26 Å². The first-order valence-electron chi connectivity index (χ1n) is 6.56. The molecule has 0 aliphatic carbocycles. The van der Waals surface area contributed by atoms with Crippen molar-refractivity contribution in [3.05, 3.63) is 23.8 Å². The number of anilines is 2. The van der Waals surface area contributed by atoms with Crippen LogP contribution < -0.4 is 10.6 Å². The summed E-state index contributed by atoms with van der Waals surface area (Å²) in [4.78, 5) is 2.32. The first-order chi connectivity index (χ1) is 8.52. The van der Waals surface area contributed by atoms with Gasteiger partial charge in [-0.2, -0.15) is 5.26 Å². The number of nitriles is 1. The average Bonchev–Trinajstić information content (AvgIpc) is 2.51. The molecule has 1 heterocycles. The number of benzene rings is 1. The Morgan fingerprint density at radius 2 is 2.06 bits per heavy atom. The minimum Gasteiger partial charge on any atom is -0.397 e. The fourth-order valence-corrected chi connectivity index (χ4v) is 2.55. The minimum absolute atomic E-state index is 0.413. The van der Waals surface area contributed by atoms with Gasteiger partial charge in [0.1, 0.15) is 0 Å². The largest absolute Gasteiger partial charge is 0.397 e. The normalized spacial score (nSPS) is 19.1. The van der Waals surface area contributed by atoms with Crippen molar-refractivity contribution in [3.8, 4) is 6.07 Å². The van der Waals surface area contributed by atoms with Crippen LogP contribution in [0.1, 0.15) is 38.7 Å². The van der Waals surface area contributed by atoms with Crippen LogP contribution in [0.25, 0.3) is 0 Å². The molecule has 0 radical (unpaired) electrons. The molecule has 0 amide bonds. The molecule has 0 bridgehead atoms. The maximum absolute atomic E-state index is 8.98. The number of hydrogen-bond donors (Lipinski definition) is 1. The molecule has 1 aliphatic rings. The molecule has 96 valence electrons. The topological polar surface area (TPSA) is 53.0 Å². The Morgan fingerprint density at radius 1 is 1.28 bits per heavy atom. The number of nitrogens with zero attached hydrogens (tertiary/aromatic N) is 2. The molecular weight excluding hydrogens is 222 g/mol. The van der Waals surface area contributed by atoms with E-state index < -0.39 is 0 Å². The summed E-state index contributed by atoms with van der Waals surface area (Å²) in [5.41, 5.74) is 8.93. The SMILES string of the molecule is CC1(C)CCCN(c2cc(C#N)ccc2N)CC1. The highest BCUT2D eigenvalue weighted by Gasteiger charge is 2.23. The molecule has 18 heavy (non-hydrogen) atoms. The highest BCUT2D eigenvalue weighted by atomic mass is 15.1. The van der Waals surface area contributed by atoms with Gasteiger partial charge < -0.3 is 10.6 Å². The molecule has 0 unspecified atom stereocenters. The van der Waals surface area contributed by atoms with E-state index in [1.54, 1.807) is 6.07 Å². The lowest BCUT2D eigenvalue weighted by Crippen LogP contribution is -2.26. The molecule has 0 atom stereocenters. The van der Waals surface area contributed by atoms with Crippen molar-refractivity contribution in [2.45, 2.75) is 33.1 Å². The summed E-state index contributed by atoms with van der Waals surface area (Å²) in [6, 6.07) is 7.71. The Labute approximate surface area is 109 Å². The van der Waals surface area contributed by atoms with Crippen molar-refractivity contribution in [2.24, 2.45) is 5.41 Å². The predicted molar refractivity (Wildman–Crippen MR) is 75.4 cm³/mol. The maximum Gasteiger partial charge on any atom is 0.0992 e. The summed E-state index contributed by atoms with van der Waals surface area (Å²) in [5.74, 6) is 0. The van der Waals surface area contributed by atoms with Crippen molar-refractivity contribution in [3.63, 3.8) is 0 Å². The van der Waals surface area contributed by atoms with Crippen LogP contribution in [0.15, 0.2) is 18.2 Å². The Morgan fingerprint density at radius 3 is 2.78 bits per heavy atom. The highest BCUT2D eigenvalue weighted by Crippen LogP contribution is 2.33. The van der Waals surface area contributed by atoms with Gasteiger partial charge in [-0.3, -0.25) is 0 Å². The van der Waals surface area contributed by atoms with Gasteiger partial charge in [0.2, 0.25) is 0 Å². The van der Waals surface area contributed by atoms with Gasteiger partial charge in [0, 0.05) is 13.1 Å².